The molecule has 2 amide bonds. The van der Waals surface area contributed by atoms with Crippen LogP contribution in [0.5, 0.6) is 0 Å². The lowest BCUT2D eigenvalue weighted by Crippen LogP contribution is -2.36. The van der Waals surface area contributed by atoms with Gasteiger partial charge in [0.05, 0.1) is 6.54 Å². The number of amides is 2. The maximum absolute atomic E-state index is 12.5. The molecule has 1 heterocycles. The van der Waals surface area contributed by atoms with E-state index in [1.807, 2.05) is 60.7 Å². The fraction of sp³-hybridized carbons (Fsp3) is 0.222. The van der Waals surface area contributed by atoms with Gasteiger partial charge in [-0.05, 0) is 17.7 Å². The van der Waals surface area contributed by atoms with Gasteiger partial charge in [0.2, 0.25) is 0 Å². The predicted molar refractivity (Wildman–Crippen MR) is 96.8 cm³/mol. The van der Waals surface area contributed by atoms with Gasteiger partial charge in [-0.25, -0.2) is 4.79 Å². The molecule has 1 N–H and O–H groups in total. The molecule has 0 radical (unpaired) electrons. The van der Waals surface area contributed by atoms with E-state index in [4.69, 9.17) is 0 Å². The molecule has 0 spiro atoms. The van der Waals surface area contributed by atoms with Crippen molar-refractivity contribution in [3.05, 3.63) is 66.2 Å². The topological polar surface area (TPSA) is 44.7 Å². The number of thioether (sulfide) groups is 1. The van der Waals surface area contributed by atoms with Gasteiger partial charge in [-0.2, -0.15) is 0 Å². The molecule has 4 nitrogen and oxygen atoms in total. The lowest BCUT2D eigenvalue weighted by Gasteiger charge is -2.17. The van der Waals surface area contributed by atoms with E-state index in [9.17, 15) is 4.79 Å². The van der Waals surface area contributed by atoms with Crippen molar-refractivity contribution in [3.63, 3.8) is 0 Å². The van der Waals surface area contributed by atoms with Crippen molar-refractivity contribution in [3.8, 4) is 0 Å². The molecule has 1 unspecified atom stereocenters. The Kier molecular flexibility index (Phi) is 4.98. The molecule has 0 saturated carbocycles. The molecule has 5 heteroatoms. The largest absolute Gasteiger partial charge is 0.327 e. The molecule has 3 rings (SSSR count). The zero-order valence-electron chi connectivity index (χ0n) is 13.0. The monoisotopic (exact) mass is 325 g/mol. The van der Waals surface area contributed by atoms with Crippen LogP contribution in [0.1, 0.15) is 12.5 Å². The number of amidine groups is 1. The van der Waals surface area contributed by atoms with Gasteiger partial charge >= 0.3 is 6.03 Å². The smallest absolute Gasteiger partial charge is 0.307 e. The van der Waals surface area contributed by atoms with Gasteiger partial charge in [0.1, 0.15) is 0 Å². The first kappa shape index (κ1) is 15.6. The van der Waals surface area contributed by atoms with Crippen molar-refractivity contribution in [2.24, 2.45) is 4.99 Å². The zero-order chi connectivity index (χ0) is 16.1. The zero-order valence-corrected chi connectivity index (χ0v) is 13.8. The normalized spacial score (nSPS) is 19.1. The fourth-order valence-electron chi connectivity index (χ4n) is 2.36. The van der Waals surface area contributed by atoms with Crippen molar-refractivity contribution in [2.75, 3.05) is 11.9 Å². The van der Waals surface area contributed by atoms with E-state index in [1.54, 1.807) is 16.7 Å². The summed E-state index contributed by atoms with van der Waals surface area (Å²) in [5.41, 5.74) is 1.94. The number of para-hydroxylation sites is 1. The first-order chi connectivity index (χ1) is 11.2. The number of carbonyl (C=O) groups excluding carboxylic acids is 1. The highest BCUT2D eigenvalue weighted by Crippen LogP contribution is 2.26. The standard InChI is InChI=1S/C18H19N3OS/c1-14-13-21(17(22)20-16-10-6-3-7-11-16)18(23-14)19-12-15-8-4-2-5-9-15/h2-11,14H,12-13H2,1H3,(H,20,22). The first-order valence-corrected chi connectivity index (χ1v) is 8.49. The number of anilines is 1. The van der Waals surface area contributed by atoms with E-state index in [1.165, 1.54) is 0 Å². The molecule has 2 aromatic rings. The lowest BCUT2D eigenvalue weighted by atomic mass is 10.2. The molecule has 0 aliphatic carbocycles. The summed E-state index contributed by atoms with van der Waals surface area (Å²) in [6.07, 6.45) is 0. The minimum Gasteiger partial charge on any atom is -0.307 e. The van der Waals surface area contributed by atoms with Crippen molar-refractivity contribution < 1.29 is 4.79 Å². The lowest BCUT2D eigenvalue weighted by molar-refractivity contribution is 0.235. The van der Waals surface area contributed by atoms with Crippen molar-refractivity contribution in [1.82, 2.24) is 4.90 Å². The number of nitrogens with one attached hydrogen (secondary N) is 1. The SMILES string of the molecule is CC1CN(C(=O)Nc2ccccc2)C(=NCc2ccccc2)S1. The highest BCUT2D eigenvalue weighted by molar-refractivity contribution is 8.14. The Balaban J connectivity index is 1.70. The van der Waals surface area contributed by atoms with Crippen LogP contribution in [-0.4, -0.2) is 27.9 Å². The Morgan fingerprint density at radius 2 is 1.83 bits per heavy atom. The average molecular weight is 325 g/mol. The number of carbonyl (C=O) groups is 1. The van der Waals surface area contributed by atoms with Crippen molar-refractivity contribution in [1.29, 1.82) is 0 Å². The number of aliphatic imine (C=N–C) groups is 1. The van der Waals surface area contributed by atoms with E-state index in [0.717, 1.165) is 16.4 Å². The van der Waals surface area contributed by atoms with Gasteiger partial charge in [-0.1, -0.05) is 67.2 Å². The van der Waals surface area contributed by atoms with Gasteiger partial charge in [0.25, 0.3) is 0 Å². The third-order valence-corrected chi connectivity index (χ3v) is 4.60. The van der Waals surface area contributed by atoms with Crippen LogP contribution in [0.25, 0.3) is 0 Å². The van der Waals surface area contributed by atoms with Crippen LogP contribution >= 0.6 is 11.8 Å². The van der Waals surface area contributed by atoms with Crippen LogP contribution in [0, 0.1) is 0 Å². The summed E-state index contributed by atoms with van der Waals surface area (Å²) >= 11 is 1.65. The Morgan fingerprint density at radius 1 is 1.17 bits per heavy atom. The van der Waals surface area contributed by atoms with Crippen LogP contribution in [0.2, 0.25) is 0 Å². The fourth-order valence-corrected chi connectivity index (χ4v) is 3.37. The second-order valence-corrected chi connectivity index (χ2v) is 6.83. The van der Waals surface area contributed by atoms with E-state index < -0.39 is 0 Å². The van der Waals surface area contributed by atoms with Crippen molar-refractivity contribution in [2.45, 2.75) is 18.7 Å². The highest BCUT2D eigenvalue weighted by Gasteiger charge is 2.30. The second kappa shape index (κ2) is 7.33. The summed E-state index contributed by atoms with van der Waals surface area (Å²) in [6.45, 7) is 3.38. The number of hydrogen-bond acceptors (Lipinski definition) is 3. The number of nitrogens with zero attached hydrogens (tertiary/aromatic N) is 2. The molecule has 1 aliphatic heterocycles. The summed E-state index contributed by atoms with van der Waals surface area (Å²) < 4.78 is 0. The Labute approximate surface area is 140 Å². The molecule has 0 aromatic heterocycles. The summed E-state index contributed by atoms with van der Waals surface area (Å²) in [7, 11) is 0. The highest BCUT2D eigenvalue weighted by atomic mass is 32.2. The third kappa shape index (κ3) is 4.13. The van der Waals surface area contributed by atoms with E-state index >= 15 is 0 Å². The van der Waals surface area contributed by atoms with E-state index in [2.05, 4.69) is 17.2 Å². The van der Waals surface area contributed by atoms with Gasteiger partial charge in [0.15, 0.2) is 5.17 Å². The summed E-state index contributed by atoms with van der Waals surface area (Å²) in [6, 6.07) is 19.4. The molecule has 118 valence electrons. The van der Waals surface area contributed by atoms with Gasteiger partial charge < -0.3 is 5.32 Å². The predicted octanol–water partition coefficient (Wildman–Crippen LogP) is 4.21. The van der Waals surface area contributed by atoms with E-state index in [0.29, 0.717) is 18.3 Å². The van der Waals surface area contributed by atoms with Crippen LogP contribution in [0.4, 0.5) is 10.5 Å². The van der Waals surface area contributed by atoms with Gasteiger partial charge in [-0.15, -0.1) is 0 Å². The average Bonchev–Trinajstić information content (AvgIpc) is 2.96. The van der Waals surface area contributed by atoms with Crippen molar-refractivity contribution >= 4 is 28.6 Å². The molecular weight excluding hydrogens is 306 g/mol. The van der Waals surface area contributed by atoms with Gasteiger partial charge in [-0.3, -0.25) is 9.89 Å². The molecule has 0 bridgehead atoms. The Bertz CT molecular complexity index is 688. The maximum Gasteiger partial charge on any atom is 0.327 e. The second-order valence-electron chi connectivity index (χ2n) is 5.42. The van der Waals surface area contributed by atoms with Crippen LogP contribution in [0.15, 0.2) is 65.7 Å². The van der Waals surface area contributed by atoms with Crippen LogP contribution < -0.4 is 5.32 Å². The Morgan fingerprint density at radius 3 is 2.52 bits per heavy atom. The third-order valence-electron chi connectivity index (χ3n) is 3.49. The molecule has 2 aromatic carbocycles. The molecule has 1 fully saturated rings. The minimum atomic E-state index is -0.125. The quantitative estimate of drug-likeness (QED) is 0.918. The number of hydrogen-bond donors (Lipinski definition) is 1. The first-order valence-electron chi connectivity index (χ1n) is 7.61. The Hall–Kier alpha value is -2.27. The minimum absolute atomic E-state index is 0.125. The number of rotatable bonds is 3. The van der Waals surface area contributed by atoms with Crippen LogP contribution in [-0.2, 0) is 6.54 Å². The van der Waals surface area contributed by atoms with Gasteiger partial charge in [0, 0.05) is 17.5 Å². The molecule has 1 saturated heterocycles. The molecular formula is C18H19N3OS. The summed E-state index contributed by atoms with van der Waals surface area (Å²) in [5.74, 6) is 0. The summed E-state index contributed by atoms with van der Waals surface area (Å²) in [4.78, 5) is 18.9. The van der Waals surface area contributed by atoms with E-state index in [-0.39, 0.29) is 6.03 Å². The number of benzene rings is 2. The van der Waals surface area contributed by atoms with Crippen LogP contribution in [0.3, 0.4) is 0 Å². The summed E-state index contributed by atoms with van der Waals surface area (Å²) in [5, 5.41) is 4.07. The number of urea groups is 1. The maximum atomic E-state index is 12.5. The molecule has 1 atom stereocenters. The molecule has 23 heavy (non-hydrogen) atoms. The molecule has 1 aliphatic rings.